The van der Waals surface area contributed by atoms with Gasteiger partial charge >= 0.3 is 0 Å². The number of hydrogen-bond donors (Lipinski definition) is 0. The molecule has 0 radical (unpaired) electrons. The second-order valence-electron chi connectivity index (χ2n) is 18.2. The lowest BCUT2D eigenvalue weighted by Crippen LogP contribution is -2.55. The summed E-state index contributed by atoms with van der Waals surface area (Å²) in [5, 5.41) is 2.44. The zero-order valence-electron chi connectivity index (χ0n) is 35.0. The Kier molecular flexibility index (Phi) is 12.9. The third-order valence-electron chi connectivity index (χ3n) is 13.2. The summed E-state index contributed by atoms with van der Waals surface area (Å²) >= 11 is 0. The van der Waals surface area contributed by atoms with E-state index >= 15 is 0 Å². The molecular weight excluding hydrogens is 753 g/mol. The minimum atomic E-state index is -2.21. The predicted octanol–water partition coefficient (Wildman–Crippen LogP) is 8.80. The number of carbonyl (C=O) groups excluding carboxylic acids is 1. The van der Waals surface area contributed by atoms with Crippen molar-refractivity contribution in [2.75, 3.05) is 20.3 Å². The first-order valence-corrected chi connectivity index (χ1v) is 24.3. The fourth-order valence-electron chi connectivity index (χ4n) is 8.73. The lowest BCUT2D eigenvalue weighted by molar-refractivity contribution is -0.269. The van der Waals surface area contributed by atoms with Crippen molar-refractivity contribution in [3.63, 3.8) is 0 Å². The molecule has 314 valence electrons. The maximum absolute atomic E-state index is 14.0. The summed E-state index contributed by atoms with van der Waals surface area (Å²) < 4.78 is 58.7. The smallest absolute Gasteiger partial charge is 0.192 e. The molecule has 58 heavy (non-hydrogen) atoms. The number of ether oxygens (including phenoxy) is 8. The van der Waals surface area contributed by atoms with Gasteiger partial charge in [-0.25, -0.2) is 0 Å². The van der Waals surface area contributed by atoms with E-state index in [1.165, 1.54) is 10.8 Å². The molecule has 0 unspecified atom stereocenters. The van der Waals surface area contributed by atoms with E-state index in [-0.39, 0.29) is 65.8 Å². The Labute approximate surface area is 344 Å². The molecule has 8 rings (SSSR count). The molecule has 0 N–H and O–H groups in total. The van der Waals surface area contributed by atoms with Gasteiger partial charge in [0.2, 0.25) is 0 Å². The van der Waals surface area contributed by atoms with Crippen molar-refractivity contribution < 1.29 is 47.1 Å². The molecule has 10 nitrogen and oxygen atoms in total. The molecule has 0 aromatic heterocycles. The highest BCUT2D eigenvalue weighted by Crippen LogP contribution is 2.42. The molecule has 0 bridgehead atoms. The molecule has 5 aliphatic heterocycles. The van der Waals surface area contributed by atoms with Crippen LogP contribution in [0.25, 0.3) is 10.8 Å². The molecule has 11 atom stereocenters. The van der Waals surface area contributed by atoms with E-state index in [9.17, 15) is 4.79 Å². The van der Waals surface area contributed by atoms with Crippen LogP contribution in [0.4, 0.5) is 0 Å². The highest BCUT2D eigenvalue weighted by Gasteiger charge is 2.49. The Bertz CT molecular complexity index is 1870. The number of fused-ring (bicyclic) bond motifs is 4. The lowest BCUT2D eigenvalue weighted by Gasteiger charge is -2.47. The van der Waals surface area contributed by atoms with Crippen LogP contribution in [0.2, 0.25) is 18.1 Å². The van der Waals surface area contributed by atoms with E-state index in [4.69, 9.17) is 42.3 Å². The Balaban J connectivity index is 0.949. The number of Topliss-reactive ketones (excluding diaryl/α,β-unsaturated/α-hetero) is 1. The van der Waals surface area contributed by atoms with E-state index in [1.807, 2.05) is 24.3 Å². The summed E-state index contributed by atoms with van der Waals surface area (Å²) in [6, 6.07) is 22.6. The topological polar surface area (TPSA) is 100 Å². The molecule has 3 aromatic carbocycles. The van der Waals surface area contributed by atoms with Gasteiger partial charge in [-0.05, 0) is 71.9 Å². The number of benzene rings is 3. The fraction of sp³-hybridized carbons (Fsp3) is 0.596. The summed E-state index contributed by atoms with van der Waals surface area (Å²) in [6.45, 7) is 12.8. The van der Waals surface area contributed by atoms with Crippen LogP contribution < -0.4 is 4.74 Å². The first-order chi connectivity index (χ1) is 27.9. The van der Waals surface area contributed by atoms with Gasteiger partial charge in [-0.2, -0.15) is 0 Å². The molecule has 4 fully saturated rings. The summed E-state index contributed by atoms with van der Waals surface area (Å²) in [5.74, 6) is 0.860. The van der Waals surface area contributed by atoms with Gasteiger partial charge in [0.25, 0.3) is 0 Å². The van der Waals surface area contributed by atoms with Crippen molar-refractivity contribution in [1.82, 2.24) is 0 Å². The van der Waals surface area contributed by atoms with E-state index in [0.29, 0.717) is 51.9 Å². The molecule has 5 heterocycles. The standard InChI is InChI=1S/C47H62O10Si/c1-47(2,3)58(5,6)57-44-27-41-42(25-35(22-23-50-41)51-28-30-14-15-31-10-7-8-11-33(31)24-30)55-43(44)26-40-36(48)20-21-39-37(53-40)12-9-13-38-45(54-39)29-52-46(56-38)32-16-18-34(49-4)19-17-32/h7-11,13-19,24,35,37-46H,12,20-23,25-29H2,1-6H3/b13-9-/t35-,37+,38-,39-,40-,41+,42-,43+,44-,45+,46+/m0/s1. The van der Waals surface area contributed by atoms with Crippen LogP contribution in [0.5, 0.6) is 5.75 Å². The Morgan fingerprint density at radius 2 is 1.62 bits per heavy atom. The molecule has 11 heteroatoms. The van der Waals surface area contributed by atoms with Gasteiger partial charge in [0.15, 0.2) is 20.4 Å². The number of ketones is 1. The average Bonchev–Trinajstić information content (AvgIpc) is 3.48. The summed E-state index contributed by atoms with van der Waals surface area (Å²) in [6.07, 6.45) is 5.17. The number of rotatable bonds is 9. The van der Waals surface area contributed by atoms with Crippen LogP contribution in [0.3, 0.4) is 0 Å². The third-order valence-corrected chi connectivity index (χ3v) is 17.7. The van der Waals surface area contributed by atoms with E-state index in [0.717, 1.165) is 29.7 Å². The molecule has 0 saturated carbocycles. The van der Waals surface area contributed by atoms with Crippen molar-refractivity contribution in [2.45, 2.75) is 158 Å². The van der Waals surface area contributed by atoms with E-state index in [2.05, 4.69) is 88.5 Å². The highest BCUT2D eigenvalue weighted by atomic mass is 28.4. The maximum Gasteiger partial charge on any atom is 0.192 e. The van der Waals surface area contributed by atoms with Crippen LogP contribution in [0.1, 0.15) is 83.1 Å². The Morgan fingerprint density at radius 1 is 0.810 bits per heavy atom. The molecule has 0 amide bonds. The molecule has 0 aliphatic carbocycles. The summed E-state index contributed by atoms with van der Waals surface area (Å²) in [5.41, 5.74) is 2.07. The van der Waals surface area contributed by atoms with Gasteiger partial charge in [-0.3, -0.25) is 4.79 Å². The summed E-state index contributed by atoms with van der Waals surface area (Å²) in [4.78, 5) is 14.0. The highest BCUT2D eigenvalue weighted by molar-refractivity contribution is 6.74. The monoisotopic (exact) mass is 814 g/mol. The van der Waals surface area contributed by atoms with Crippen LogP contribution >= 0.6 is 0 Å². The van der Waals surface area contributed by atoms with Gasteiger partial charge in [0.1, 0.15) is 24.1 Å². The lowest BCUT2D eigenvalue weighted by atomic mass is 9.91. The Morgan fingerprint density at radius 3 is 2.41 bits per heavy atom. The van der Waals surface area contributed by atoms with Crippen molar-refractivity contribution in [3.05, 3.63) is 90.0 Å². The van der Waals surface area contributed by atoms with Crippen LogP contribution in [-0.4, -0.2) is 95.5 Å². The quantitative estimate of drug-likeness (QED) is 0.154. The zero-order valence-corrected chi connectivity index (χ0v) is 36.0. The first-order valence-electron chi connectivity index (χ1n) is 21.4. The van der Waals surface area contributed by atoms with E-state index < -0.39 is 20.7 Å². The SMILES string of the molecule is COc1ccc([C@@H]2OC[C@H]3O[C@H]4CCC(=O)[C@H](C[C@H]5O[C@H]6C[C@@H](OCc7ccc8ccccc8c7)CCO[C@@H]6C[C@@H]5O[Si](C)(C)C(C)(C)C)O[C@@H]4C/C=C\[C@@H]3O2)cc1. The number of hydrogen-bond acceptors (Lipinski definition) is 10. The predicted molar refractivity (Wildman–Crippen MR) is 223 cm³/mol. The maximum atomic E-state index is 14.0. The van der Waals surface area contributed by atoms with Gasteiger partial charge in [0, 0.05) is 37.9 Å². The van der Waals surface area contributed by atoms with Crippen molar-refractivity contribution in [3.8, 4) is 5.75 Å². The van der Waals surface area contributed by atoms with Crippen molar-refractivity contribution in [1.29, 1.82) is 0 Å². The van der Waals surface area contributed by atoms with E-state index in [1.54, 1.807) is 7.11 Å². The second kappa shape index (κ2) is 17.9. The molecular formula is C47H62O10Si. The number of carbonyl (C=O) groups is 1. The molecule has 4 saturated heterocycles. The van der Waals surface area contributed by atoms with Crippen molar-refractivity contribution >= 4 is 24.9 Å². The third kappa shape index (κ3) is 9.64. The average molecular weight is 815 g/mol. The van der Waals surface area contributed by atoms with Crippen LogP contribution in [0, 0.1) is 0 Å². The van der Waals surface area contributed by atoms with Gasteiger partial charge in [-0.1, -0.05) is 81.5 Å². The minimum Gasteiger partial charge on any atom is -0.497 e. The molecule has 3 aromatic rings. The van der Waals surface area contributed by atoms with Gasteiger partial charge in [0.05, 0.1) is 63.1 Å². The molecule has 5 aliphatic rings. The first kappa shape index (κ1) is 41.7. The Hall–Kier alpha value is -2.97. The largest absolute Gasteiger partial charge is 0.497 e. The van der Waals surface area contributed by atoms with Crippen LogP contribution in [0.15, 0.2) is 78.9 Å². The summed E-state index contributed by atoms with van der Waals surface area (Å²) in [7, 11) is -0.562. The fourth-order valence-corrected chi connectivity index (χ4v) is 10.1. The minimum absolute atomic E-state index is 0.00383. The molecule has 0 spiro atoms. The van der Waals surface area contributed by atoms with Crippen molar-refractivity contribution in [2.24, 2.45) is 0 Å². The number of methoxy groups -OCH3 is 1. The van der Waals surface area contributed by atoms with Gasteiger partial charge < -0.3 is 42.3 Å². The van der Waals surface area contributed by atoms with Gasteiger partial charge in [-0.15, -0.1) is 0 Å². The second-order valence-corrected chi connectivity index (χ2v) is 23.0. The van der Waals surface area contributed by atoms with Crippen LogP contribution in [-0.2, 0) is 49.0 Å². The normalized spacial score (nSPS) is 34.0. The zero-order chi connectivity index (χ0) is 40.4.